The summed E-state index contributed by atoms with van der Waals surface area (Å²) < 4.78 is 1.92. The Morgan fingerprint density at radius 2 is 2.15 bits per heavy atom. The second kappa shape index (κ2) is 10.7. The number of unbranched alkanes of at least 4 members (excludes halogenated alkanes) is 1. The van der Waals surface area contributed by atoms with E-state index < -0.39 is 0 Å². The van der Waals surface area contributed by atoms with E-state index in [-0.39, 0.29) is 30.7 Å². The molecular weight excluding hydrogens is 389 g/mol. The van der Waals surface area contributed by atoms with Crippen molar-refractivity contribution in [1.29, 1.82) is 0 Å². The van der Waals surface area contributed by atoms with E-state index in [1.165, 1.54) is 13.3 Å². The molecule has 3 N–H and O–H groups in total. The quantitative estimate of drug-likeness (QED) is 0.676. The third-order valence-corrected chi connectivity index (χ3v) is 4.65. The first-order valence-corrected chi connectivity index (χ1v) is 8.92. The lowest BCUT2D eigenvalue weighted by Gasteiger charge is -2.22. The number of hydrogen-bond donors (Lipinski definition) is 2. The molecule has 1 saturated heterocycles. The second-order valence-corrected chi connectivity index (χ2v) is 6.64. The van der Waals surface area contributed by atoms with E-state index in [1.54, 1.807) is 6.20 Å². The number of aromatic nitrogens is 2. The summed E-state index contributed by atoms with van der Waals surface area (Å²) in [5.41, 5.74) is 7.65. The fourth-order valence-electron chi connectivity index (χ4n) is 3.41. The van der Waals surface area contributed by atoms with Crippen LogP contribution < -0.4 is 15.9 Å². The number of fused-ring (bicyclic) bond motifs is 1. The topological polar surface area (TPSA) is 85.4 Å². The molecule has 1 aliphatic rings. The zero-order valence-corrected chi connectivity index (χ0v) is 17.4. The zero-order valence-electron chi connectivity index (χ0n) is 15.8. The van der Waals surface area contributed by atoms with Crippen molar-refractivity contribution in [2.75, 3.05) is 32.1 Å². The molecule has 7 nitrogen and oxygen atoms in total. The summed E-state index contributed by atoms with van der Waals surface area (Å²) in [6, 6.07) is 4.36. The van der Waals surface area contributed by atoms with Gasteiger partial charge in [-0.1, -0.05) is 0 Å². The van der Waals surface area contributed by atoms with Crippen LogP contribution in [0.25, 0.3) is 10.9 Å². The molecular formula is C18H29Cl2N5O2. The molecule has 27 heavy (non-hydrogen) atoms. The largest absolute Gasteiger partial charge is 0.414 e. The van der Waals surface area contributed by atoms with Crippen LogP contribution in [0.5, 0.6) is 0 Å². The van der Waals surface area contributed by atoms with Gasteiger partial charge >= 0.3 is 0 Å². The molecule has 9 heteroatoms. The molecule has 1 amide bonds. The lowest BCUT2D eigenvalue weighted by atomic mass is 10.1. The molecule has 0 unspecified atom stereocenters. The Hall–Kier alpha value is -1.54. The fraction of sp³-hybridized carbons (Fsp3) is 0.556. The highest BCUT2D eigenvalue weighted by atomic mass is 35.5. The number of hydrogen-bond acceptors (Lipinski definition) is 5. The molecule has 1 atom stereocenters. The van der Waals surface area contributed by atoms with Crippen molar-refractivity contribution in [3.05, 3.63) is 24.0 Å². The van der Waals surface area contributed by atoms with Crippen molar-refractivity contribution < 1.29 is 9.63 Å². The Labute approximate surface area is 172 Å². The van der Waals surface area contributed by atoms with Crippen LogP contribution in [0.2, 0.25) is 0 Å². The number of rotatable bonds is 7. The predicted octanol–water partition coefficient (Wildman–Crippen LogP) is 2.77. The predicted molar refractivity (Wildman–Crippen MR) is 113 cm³/mol. The minimum Gasteiger partial charge on any atom is -0.414 e. The lowest BCUT2D eigenvalue weighted by molar-refractivity contribution is -0.114. The Morgan fingerprint density at radius 3 is 2.78 bits per heavy atom. The molecule has 3 heterocycles. The number of carbonyl (C=O) groups excluding carboxylic acids is 1. The van der Waals surface area contributed by atoms with Gasteiger partial charge in [0, 0.05) is 24.6 Å². The van der Waals surface area contributed by atoms with Crippen molar-refractivity contribution in [2.24, 2.45) is 5.73 Å². The Morgan fingerprint density at radius 1 is 1.37 bits per heavy atom. The molecule has 0 aromatic carbocycles. The lowest BCUT2D eigenvalue weighted by Crippen LogP contribution is -2.24. The molecule has 0 radical (unpaired) electrons. The number of likely N-dealkylation sites (tertiary alicyclic amines) is 1. The maximum atomic E-state index is 11.3. The number of amides is 1. The van der Waals surface area contributed by atoms with Crippen molar-refractivity contribution >= 4 is 47.4 Å². The maximum absolute atomic E-state index is 11.3. The number of halogens is 2. The first kappa shape index (κ1) is 23.5. The van der Waals surface area contributed by atoms with E-state index in [0.29, 0.717) is 25.0 Å². The Balaban J connectivity index is 0.00000182. The van der Waals surface area contributed by atoms with E-state index in [4.69, 9.17) is 10.6 Å². The molecule has 1 aliphatic heterocycles. The minimum absolute atomic E-state index is 0. The first-order valence-electron chi connectivity index (χ1n) is 8.92. The number of carbonyl (C=O) groups is 1. The van der Waals surface area contributed by atoms with E-state index in [2.05, 4.69) is 28.3 Å². The number of nitrogens with two attached hydrogens (primary N) is 1. The van der Waals surface area contributed by atoms with E-state index >= 15 is 0 Å². The van der Waals surface area contributed by atoms with Crippen LogP contribution in [0.1, 0.15) is 44.3 Å². The Bertz CT molecular complexity index is 753. The third-order valence-electron chi connectivity index (χ3n) is 4.65. The van der Waals surface area contributed by atoms with Crippen molar-refractivity contribution in [3.8, 4) is 0 Å². The molecule has 0 spiro atoms. The van der Waals surface area contributed by atoms with Crippen LogP contribution in [0, 0.1) is 0 Å². The number of nitrogens with one attached hydrogen (secondary N) is 1. The van der Waals surface area contributed by atoms with Gasteiger partial charge in [-0.3, -0.25) is 9.69 Å². The van der Waals surface area contributed by atoms with E-state index in [1.807, 2.05) is 10.8 Å². The van der Waals surface area contributed by atoms with Gasteiger partial charge in [0.1, 0.15) is 12.4 Å². The van der Waals surface area contributed by atoms with Crippen molar-refractivity contribution in [3.63, 3.8) is 0 Å². The number of nitrogens with zero attached hydrogens (tertiary/aromatic N) is 3. The zero-order chi connectivity index (χ0) is 17.8. The molecule has 2 aromatic rings. The molecule has 0 aliphatic carbocycles. The third kappa shape index (κ3) is 5.48. The number of anilines is 1. The van der Waals surface area contributed by atoms with Crippen molar-refractivity contribution in [2.45, 2.75) is 38.6 Å². The summed E-state index contributed by atoms with van der Waals surface area (Å²) >= 11 is 0. The summed E-state index contributed by atoms with van der Waals surface area (Å²) in [5.74, 6) is 0.404. The average Bonchev–Trinajstić information content (AvgIpc) is 3.14. The van der Waals surface area contributed by atoms with Gasteiger partial charge in [0.15, 0.2) is 0 Å². The molecule has 1 fully saturated rings. The van der Waals surface area contributed by atoms with Gasteiger partial charge in [-0.15, -0.1) is 24.8 Å². The highest BCUT2D eigenvalue weighted by Crippen LogP contribution is 2.34. The molecule has 3 rings (SSSR count). The smallest absolute Gasteiger partial charge is 0.222 e. The van der Waals surface area contributed by atoms with Gasteiger partial charge in [-0.25, -0.2) is 4.98 Å². The standard InChI is InChI=1S/C18H27N5O2.2ClH/c1-13(24)21-18-11-16-14(12-20-18)10-17(15-6-5-8-22(15)2)23(16)25-9-4-3-7-19;;/h10-12,15H,3-9,19H2,1-2H3,(H,20,21,24);2*1H/t15-;;/m1../s1. The van der Waals surface area contributed by atoms with Crippen LogP contribution in [0.3, 0.4) is 0 Å². The average molecular weight is 418 g/mol. The summed E-state index contributed by atoms with van der Waals surface area (Å²) in [5, 5.41) is 3.76. The van der Waals surface area contributed by atoms with Gasteiger partial charge in [-0.05, 0) is 51.9 Å². The van der Waals surface area contributed by atoms with Crippen LogP contribution in [-0.2, 0) is 4.79 Å². The highest BCUT2D eigenvalue weighted by Gasteiger charge is 2.27. The SMILES string of the molecule is CC(=O)Nc1cc2c(cn1)cc([C@H]1CCCN1C)n2OCCCCN.Cl.Cl. The van der Waals surface area contributed by atoms with Gasteiger partial charge in [0.05, 0.1) is 17.3 Å². The van der Waals surface area contributed by atoms with Gasteiger partial charge in [0.2, 0.25) is 5.91 Å². The van der Waals surface area contributed by atoms with Crippen LogP contribution in [0.4, 0.5) is 5.82 Å². The van der Waals surface area contributed by atoms with E-state index in [9.17, 15) is 4.79 Å². The fourth-order valence-corrected chi connectivity index (χ4v) is 3.41. The summed E-state index contributed by atoms with van der Waals surface area (Å²) in [7, 11) is 2.15. The van der Waals surface area contributed by atoms with E-state index in [0.717, 1.165) is 42.4 Å². The van der Waals surface area contributed by atoms with Gasteiger partial charge in [0.25, 0.3) is 0 Å². The number of pyridine rings is 1. The highest BCUT2D eigenvalue weighted by molar-refractivity contribution is 5.90. The van der Waals surface area contributed by atoms with Crippen molar-refractivity contribution in [1.82, 2.24) is 14.6 Å². The van der Waals surface area contributed by atoms with Gasteiger partial charge in [-0.2, -0.15) is 4.73 Å². The molecule has 152 valence electrons. The van der Waals surface area contributed by atoms with Crippen LogP contribution in [-0.4, -0.2) is 47.3 Å². The summed E-state index contributed by atoms with van der Waals surface area (Å²) in [6.07, 6.45) is 5.95. The molecule has 0 saturated carbocycles. The minimum atomic E-state index is -0.135. The first-order chi connectivity index (χ1) is 12.1. The molecule has 2 aromatic heterocycles. The monoisotopic (exact) mass is 417 g/mol. The summed E-state index contributed by atoms with van der Waals surface area (Å²) in [4.78, 5) is 24.1. The van der Waals surface area contributed by atoms with Gasteiger partial charge < -0.3 is 15.9 Å². The maximum Gasteiger partial charge on any atom is 0.222 e. The molecule has 0 bridgehead atoms. The Kier molecular flexibility index (Phi) is 9.32. The second-order valence-electron chi connectivity index (χ2n) is 6.64. The summed E-state index contributed by atoms with van der Waals surface area (Å²) in [6.45, 7) is 3.86. The van der Waals surface area contributed by atoms with Crippen LogP contribution >= 0.6 is 24.8 Å². The normalized spacial score (nSPS) is 16.6. The van der Waals surface area contributed by atoms with Crippen LogP contribution in [0.15, 0.2) is 18.3 Å².